The quantitative estimate of drug-likeness (QED) is 0.217. The minimum atomic E-state index is -0.827. The van der Waals surface area contributed by atoms with Crippen LogP contribution < -0.4 is 5.32 Å². The molecular formula is C45H66N2O6. The van der Waals surface area contributed by atoms with E-state index in [0.29, 0.717) is 37.8 Å². The molecule has 0 spiro atoms. The number of aliphatic carboxylic acids is 1. The highest BCUT2D eigenvalue weighted by atomic mass is 16.5. The number of hydrogen-bond donors (Lipinski definition) is 3. The molecule has 0 aromatic carbocycles. The van der Waals surface area contributed by atoms with Gasteiger partial charge in [0.1, 0.15) is 6.10 Å². The second-order valence-electron chi connectivity index (χ2n) is 20.6. The van der Waals surface area contributed by atoms with Crippen LogP contribution in [0.1, 0.15) is 132 Å². The van der Waals surface area contributed by atoms with Crippen LogP contribution in [0.3, 0.4) is 0 Å². The number of fused-ring (bicyclic) bond motifs is 7. The molecule has 8 heteroatoms. The molecule has 1 heterocycles. The highest BCUT2D eigenvalue weighted by Gasteiger charge is 2.71. The Morgan fingerprint density at radius 1 is 0.925 bits per heavy atom. The number of esters is 1. The Bertz CT molecular complexity index is 1670. The summed E-state index contributed by atoms with van der Waals surface area (Å²) in [6.45, 7) is 21.5. The molecule has 6 aliphatic carbocycles. The normalized spacial score (nSPS) is 41.8. The number of aliphatic hydroxyl groups excluding tert-OH is 1. The Hall–Kier alpha value is -2.58. The van der Waals surface area contributed by atoms with Gasteiger partial charge < -0.3 is 20.3 Å². The standard InChI is InChI=1S/C45H66N2O6/c1-26(2)36-31(48)22-45(34(49)25-47-24-27-11-10-20-46-23-27)19-18-43(8)28(37(36)45)12-13-33-42(7)16-15-35(41(5,6)32(42)14-17-44(33,43)9)53-39(52)30-21-29(38(50)51)40(30,3)4/h10-11,20,23,26,28-30,32-35,47,49H,12-19,21-22,24-25H2,1-9H3,(H,50,51)/t28-,29+,30-,32+,33-,34+,35+,42+,43-,44-,45+/m1/s1. The largest absolute Gasteiger partial charge is 0.481 e. The summed E-state index contributed by atoms with van der Waals surface area (Å²) in [5.74, 6) is -0.398. The first-order valence-corrected chi connectivity index (χ1v) is 20.7. The number of nitrogens with one attached hydrogen (secondary N) is 1. The zero-order valence-electron chi connectivity index (χ0n) is 33.9. The van der Waals surface area contributed by atoms with Crippen molar-refractivity contribution in [3.63, 3.8) is 0 Å². The van der Waals surface area contributed by atoms with E-state index in [4.69, 9.17) is 4.74 Å². The van der Waals surface area contributed by atoms with Gasteiger partial charge in [0, 0.05) is 42.7 Å². The van der Waals surface area contributed by atoms with Crippen molar-refractivity contribution in [2.24, 2.45) is 68.0 Å². The number of carboxylic acids is 1. The highest BCUT2D eigenvalue weighted by Crippen LogP contribution is 2.77. The number of aromatic nitrogens is 1. The Morgan fingerprint density at radius 2 is 1.66 bits per heavy atom. The van der Waals surface area contributed by atoms with Crippen molar-refractivity contribution in [1.29, 1.82) is 0 Å². The third kappa shape index (κ3) is 5.56. The average Bonchev–Trinajstić information content (AvgIpc) is 3.39. The Kier molecular flexibility index (Phi) is 9.49. The van der Waals surface area contributed by atoms with Gasteiger partial charge in [0.05, 0.1) is 17.9 Å². The van der Waals surface area contributed by atoms with Gasteiger partial charge in [-0.25, -0.2) is 0 Å². The molecule has 0 radical (unpaired) electrons. The minimum absolute atomic E-state index is 0.000289. The molecule has 0 bridgehead atoms. The molecular weight excluding hydrogens is 665 g/mol. The van der Waals surface area contributed by atoms with Gasteiger partial charge in [-0.3, -0.25) is 19.4 Å². The second kappa shape index (κ2) is 13.0. The molecule has 3 N–H and O–H groups in total. The summed E-state index contributed by atoms with van der Waals surface area (Å²) >= 11 is 0. The lowest BCUT2D eigenvalue weighted by Gasteiger charge is -2.72. The van der Waals surface area contributed by atoms with Gasteiger partial charge in [-0.2, -0.15) is 0 Å². The van der Waals surface area contributed by atoms with Crippen molar-refractivity contribution in [2.45, 2.75) is 145 Å². The molecule has 0 unspecified atom stereocenters. The number of allylic oxidation sites excluding steroid dienone is 1. The third-order valence-corrected chi connectivity index (χ3v) is 17.6. The first-order valence-electron chi connectivity index (χ1n) is 20.7. The molecule has 0 saturated heterocycles. The second-order valence-corrected chi connectivity index (χ2v) is 20.6. The van der Waals surface area contributed by atoms with Crippen molar-refractivity contribution in [1.82, 2.24) is 10.3 Å². The van der Waals surface area contributed by atoms with E-state index in [1.807, 2.05) is 32.2 Å². The van der Waals surface area contributed by atoms with Crippen molar-refractivity contribution >= 4 is 17.7 Å². The molecule has 6 aliphatic rings. The summed E-state index contributed by atoms with van der Waals surface area (Å²) in [6, 6.07) is 3.97. The van der Waals surface area contributed by atoms with Crippen LogP contribution in [0.5, 0.6) is 0 Å². The monoisotopic (exact) mass is 730 g/mol. The number of ether oxygens (including phenoxy) is 1. The molecule has 53 heavy (non-hydrogen) atoms. The molecule has 1 aromatic heterocycles. The van der Waals surface area contributed by atoms with Crippen LogP contribution in [0.4, 0.5) is 0 Å². The minimum Gasteiger partial charge on any atom is -0.481 e. The molecule has 8 nitrogen and oxygen atoms in total. The molecule has 7 rings (SSSR count). The van der Waals surface area contributed by atoms with Crippen LogP contribution >= 0.6 is 0 Å². The number of nitrogens with zero attached hydrogens (tertiary/aromatic N) is 1. The number of Topliss-reactive ketones (excluding diaryl/α,β-unsaturated/α-hetero) is 1. The van der Waals surface area contributed by atoms with Crippen LogP contribution in [0.25, 0.3) is 0 Å². The van der Waals surface area contributed by atoms with Crippen LogP contribution in [-0.4, -0.2) is 51.7 Å². The fourth-order valence-corrected chi connectivity index (χ4v) is 14.3. The number of carboxylic acid groups (broad SMARTS) is 1. The first kappa shape index (κ1) is 38.7. The van der Waals surface area contributed by atoms with E-state index in [-0.39, 0.29) is 57.3 Å². The zero-order chi connectivity index (χ0) is 38.5. The molecule has 5 fully saturated rings. The van der Waals surface area contributed by atoms with E-state index in [0.717, 1.165) is 62.5 Å². The first-order chi connectivity index (χ1) is 24.8. The van der Waals surface area contributed by atoms with Gasteiger partial charge in [-0.05, 0) is 120 Å². The number of pyridine rings is 1. The smallest absolute Gasteiger partial charge is 0.309 e. The van der Waals surface area contributed by atoms with E-state index in [1.165, 1.54) is 5.57 Å². The Labute approximate surface area is 317 Å². The van der Waals surface area contributed by atoms with Crippen molar-refractivity contribution in [3.05, 3.63) is 41.2 Å². The van der Waals surface area contributed by atoms with Gasteiger partial charge >= 0.3 is 11.9 Å². The van der Waals surface area contributed by atoms with E-state index >= 15 is 0 Å². The summed E-state index contributed by atoms with van der Waals surface area (Å²) in [7, 11) is 0. The summed E-state index contributed by atoms with van der Waals surface area (Å²) in [4.78, 5) is 43.6. The van der Waals surface area contributed by atoms with Crippen LogP contribution in [-0.2, 0) is 25.7 Å². The molecule has 0 amide bonds. The number of aliphatic hydroxyl groups is 1. The average molecular weight is 731 g/mol. The Balaban J connectivity index is 1.13. The van der Waals surface area contributed by atoms with Crippen LogP contribution in [0.2, 0.25) is 0 Å². The predicted molar refractivity (Wildman–Crippen MR) is 204 cm³/mol. The fourth-order valence-electron chi connectivity index (χ4n) is 14.3. The van der Waals surface area contributed by atoms with Crippen LogP contribution in [0.15, 0.2) is 35.7 Å². The maximum atomic E-state index is 14.0. The van der Waals surface area contributed by atoms with Crippen molar-refractivity contribution in [3.8, 4) is 0 Å². The molecule has 5 saturated carbocycles. The number of rotatable bonds is 9. The Morgan fingerprint density at radius 3 is 2.30 bits per heavy atom. The van der Waals surface area contributed by atoms with Crippen molar-refractivity contribution in [2.75, 3.05) is 6.54 Å². The lowest BCUT2D eigenvalue weighted by atomic mass is 9.33. The van der Waals surface area contributed by atoms with E-state index in [9.17, 15) is 24.6 Å². The van der Waals surface area contributed by atoms with Gasteiger partial charge in [0.25, 0.3) is 0 Å². The molecule has 0 aliphatic heterocycles. The van der Waals surface area contributed by atoms with E-state index in [1.54, 1.807) is 6.20 Å². The SMILES string of the molecule is CC(C)C1=C2[C@H]3CC[C@@H]4[C@@]5(C)CC[C@H](OC(=O)[C@H]6C[C@@H](C(=O)O)C6(C)C)C(C)(C)[C@@H]5CC[C@@]4(C)[C@]3(C)CC[C@@]2([C@@H](O)CNCc2cccnc2)CC1=O. The lowest BCUT2D eigenvalue weighted by Crippen LogP contribution is -2.66. The van der Waals surface area contributed by atoms with E-state index < -0.39 is 28.8 Å². The van der Waals surface area contributed by atoms with Crippen molar-refractivity contribution < 1.29 is 29.3 Å². The van der Waals surface area contributed by atoms with Gasteiger partial charge in [0.15, 0.2) is 5.78 Å². The number of carbonyl (C=O) groups is 3. The molecule has 11 atom stereocenters. The van der Waals surface area contributed by atoms with Gasteiger partial charge in [-0.15, -0.1) is 0 Å². The van der Waals surface area contributed by atoms with Gasteiger partial charge in [-0.1, -0.05) is 74.0 Å². The third-order valence-electron chi connectivity index (χ3n) is 17.6. The topological polar surface area (TPSA) is 126 Å². The zero-order valence-corrected chi connectivity index (χ0v) is 33.9. The van der Waals surface area contributed by atoms with Gasteiger partial charge in [0.2, 0.25) is 0 Å². The number of ketones is 1. The summed E-state index contributed by atoms with van der Waals surface area (Å²) in [5, 5.41) is 25.3. The van der Waals surface area contributed by atoms with Crippen LogP contribution in [0, 0.1) is 68.0 Å². The highest BCUT2D eigenvalue weighted by molar-refractivity contribution is 6.00. The lowest BCUT2D eigenvalue weighted by molar-refractivity contribution is -0.238. The molecule has 1 aromatic rings. The maximum absolute atomic E-state index is 14.0. The maximum Gasteiger partial charge on any atom is 0.309 e. The summed E-state index contributed by atoms with van der Waals surface area (Å²) < 4.78 is 6.41. The van der Waals surface area contributed by atoms with E-state index in [2.05, 4.69) is 58.8 Å². The number of carbonyl (C=O) groups excluding carboxylic acids is 2. The summed E-state index contributed by atoms with van der Waals surface area (Å²) in [5.41, 5.74) is 2.21. The summed E-state index contributed by atoms with van der Waals surface area (Å²) in [6.07, 6.45) is 11.6. The fraction of sp³-hybridized carbons (Fsp3) is 0.778. The molecule has 292 valence electrons. The predicted octanol–water partition coefficient (Wildman–Crippen LogP) is 8.17. The number of hydrogen-bond acceptors (Lipinski definition) is 7.